The topological polar surface area (TPSA) is 90.9 Å². The van der Waals surface area contributed by atoms with Crippen molar-refractivity contribution in [1.82, 2.24) is 5.32 Å². The molecule has 0 aromatic rings. The fourth-order valence-corrected chi connectivity index (χ4v) is 2.70. The monoisotopic (exact) mass is 341 g/mol. The fraction of sp³-hybridized carbons (Fsp3) is 0.706. The van der Waals surface area contributed by atoms with E-state index in [9.17, 15) is 14.4 Å². The standard InChI is InChI=1S/C17H27NO6/c1-5-14(19)22-7-6-18-16(21)24-9-8-23-15(20)17(10-12(2)3)11-13(17)4/h5,12-13H,1,6-11H2,2-4H3,(H,18,21). The Labute approximate surface area is 142 Å². The van der Waals surface area contributed by atoms with Crippen LogP contribution in [-0.4, -0.2) is 44.4 Å². The van der Waals surface area contributed by atoms with Gasteiger partial charge in [0.25, 0.3) is 0 Å². The number of alkyl carbamates (subject to hydrolysis) is 1. The summed E-state index contributed by atoms with van der Waals surface area (Å²) >= 11 is 0. The first-order chi connectivity index (χ1) is 11.3. The van der Waals surface area contributed by atoms with E-state index in [1.807, 2.05) is 6.92 Å². The average Bonchev–Trinajstić information content (AvgIpc) is 3.17. The number of carbonyl (C=O) groups excluding carboxylic acids is 3. The van der Waals surface area contributed by atoms with Gasteiger partial charge in [0.1, 0.15) is 19.8 Å². The molecule has 1 aliphatic rings. The van der Waals surface area contributed by atoms with Crippen LogP contribution < -0.4 is 5.32 Å². The van der Waals surface area contributed by atoms with Gasteiger partial charge in [0.2, 0.25) is 0 Å². The van der Waals surface area contributed by atoms with Gasteiger partial charge in [-0.15, -0.1) is 0 Å². The Hall–Kier alpha value is -2.05. The highest BCUT2D eigenvalue weighted by molar-refractivity contribution is 5.81. The summed E-state index contributed by atoms with van der Waals surface area (Å²) in [6.07, 6.45) is 2.06. The molecule has 2 atom stereocenters. The van der Waals surface area contributed by atoms with Gasteiger partial charge in [-0.25, -0.2) is 9.59 Å². The quantitative estimate of drug-likeness (QED) is 0.283. The summed E-state index contributed by atoms with van der Waals surface area (Å²) in [5.41, 5.74) is -0.356. The first kappa shape index (κ1) is 20.0. The molecule has 7 heteroatoms. The van der Waals surface area contributed by atoms with Crippen molar-refractivity contribution in [2.24, 2.45) is 17.3 Å². The lowest BCUT2D eigenvalue weighted by molar-refractivity contribution is -0.152. The minimum absolute atomic E-state index is 0.0177. The van der Waals surface area contributed by atoms with Gasteiger partial charge < -0.3 is 19.5 Å². The van der Waals surface area contributed by atoms with Crippen LogP contribution in [-0.2, 0) is 23.8 Å². The molecule has 0 radical (unpaired) electrons. The highest BCUT2D eigenvalue weighted by atomic mass is 16.6. The molecule has 0 aliphatic heterocycles. The van der Waals surface area contributed by atoms with E-state index in [4.69, 9.17) is 9.47 Å². The molecule has 1 aliphatic carbocycles. The van der Waals surface area contributed by atoms with Crippen LogP contribution in [0.25, 0.3) is 0 Å². The molecule has 1 saturated carbocycles. The lowest BCUT2D eigenvalue weighted by Gasteiger charge is -2.17. The predicted molar refractivity (Wildman–Crippen MR) is 87.1 cm³/mol. The molecule has 0 aromatic carbocycles. The van der Waals surface area contributed by atoms with Crippen LogP contribution in [0.1, 0.15) is 33.6 Å². The molecule has 7 nitrogen and oxygen atoms in total. The molecule has 0 bridgehead atoms. The van der Waals surface area contributed by atoms with Gasteiger partial charge in [0, 0.05) is 6.08 Å². The SMILES string of the molecule is C=CC(=O)OCCNC(=O)OCCOC(=O)C1(CC(C)C)CC1C. The van der Waals surface area contributed by atoms with Crippen molar-refractivity contribution in [2.45, 2.75) is 33.6 Å². The number of nitrogens with one attached hydrogen (secondary N) is 1. The number of esters is 2. The zero-order valence-electron chi connectivity index (χ0n) is 14.6. The van der Waals surface area contributed by atoms with Crippen molar-refractivity contribution in [3.63, 3.8) is 0 Å². The summed E-state index contributed by atoms with van der Waals surface area (Å²) < 4.78 is 14.8. The van der Waals surface area contributed by atoms with E-state index in [2.05, 4.69) is 30.5 Å². The van der Waals surface area contributed by atoms with Crippen LogP contribution in [0.4, 0.5) is 4.79 Å². The Bertz CT molecular complexity index is 476. The maximum Gasteiger partial charge on any atom is 0.407 e. The second kappa shape index (κ2) is 9.30. The molecule has 24 heavy (non-hydrogen) atoms. The molecule has 2 unspecified atom stereocenters. The summed E-state index contributed by atoms with van der Waals surface area (Å²) in [6, 6.07) is 0. The lowest BCUT2D eigenvalue weighted by atomic mass is 9.92. The molecule has 0 heterocycles. The Morgan fingerprint density at radius 2 is 1.83 bits per heavy atom. The summed E-state index contributed by atoms with van der Waals surface area (Å²) in [5, 5.41) is 2.41. The molecular weight excluding hydrogens is 314 g/mol. The smallest absolute Gasteiger partial charge is 0.407 e. The Morgan fingerprint density at radius 3 is 2.38 bits per heavy atom. The number of hydrogen-bond acceptors (Lipinski definition) is 6. The maximum absolute atomic E-state index is 12.2. The number of carbonyl (C=O) groups is 3. The zero-order valence-corrected chi connectivity index (χ0v) is 14.6. The maximum atomic E-state index is 12.2. The van der Waals surface area contributed by atoms with E-state index in [1.165, 1.54) is 0 Å². The third-order valence-electron chi connectivity index (χ3n) is 3.96. The summed E-state index contributed by atoms with van der Waals surface area (Å²) in [4.78, 5) is 34.3. The minimum atomic E-state index is -0.655. The van der Waals surface area contributed by atoms with Crippen LogP contribution in [0.2, 0.25) is 0 Å². The summed E-state index contributed by atoms with van der Waals surface area (Å²) in [5.74, 6) is 0.0142. The molecule has 0 spiro atoms. The number of hydrogen-bond donors (Lipinski definition) is 1. The van der Waals surface area contributed by atoms with E-state index in [0.29, 0.717) is 11.8 Å². The van der Waals surface area contributed by atoms with Crippen LogP contribution in [0.5, 0.6) is 0 Å². The van der Waals surface area contributed by atoms with Crippen molar-refractivity contribution in [2.75, 3.05) is 26.4 Å². The molecule has 1 rings (SSSR count). The van der Waals surface area contributed by atoms with Gasteiger partial charge in [-0.3, -0.25) is 4.79 Å². The fourth-order valence-electron chi connectivity index (χ4n) is 2.70. The first-order valence-corrected chi connectivity index (χ1v) is 8.19. The second-order valence-electron chi connectivity index (χ2n) is 6.43. The molecule has 0 saturated heterocycles. The highest BCUT2D eigenvalue weighted by Gasteiger charge is 2.58. The van der Waals surface area contributed by atoms with Crippen LogP contribution in [0, 0.1) is 17.3 Å². The molecule has 1 fully saturated rings. The van der Waals surface area contributed by atoms with Crippen molar-refractivity contribution < 1.29 is 28.6 Å². The summed E-state index contributed by atoms with van der Waals surface area (Å²) in [6.45, 7) is 9.65. The lowest BCUT2D eigenvalue weighted by Crippen LogP contribution is -2.30. The zero-order chi connectivity index (χ0) is 18.2. The molecule has 136 valence electrons. The minimum Gasteiger partial charge on any atom is -0.462 e. The van der Waals surface area contributed by atoms with E-state index in [1.54, 1.807) is 0 Å². The van der Waals surface area contributed by atoms with E-state index < -0.39 is 12.1 Å². The Kier molecular flexibility index (Phi) is 7.74. The molecular formula is C17H27NO6. The molecule has 1 N–H and O–H groups in total. The van der Waals surface area contributed by atoms with E-state index >= 15 is 0 Å². The van der Waals surface area contributed by atoms with E-state index in [0.717, 1.165) is 18.9 Å². The number of ether oxygens (including phenoxy) is 3. The van der Waals surface area contributed by atoms with Gasteiger partial charge in [0.15, 0.2) is 0 Å². The van der Waals surface area contributed by atoms with Crippen molar-refractivity contribution >= 4 is 18.0 Å². The van der Waals surface area contributed by atoms with Gasteiger partial charge in [-0.1, -0.05) is 27.4 Å². The number of amides is 1. The largest absolute Gasteiger partial charge is 0.462 e. The second-order valence-corrected chi connectivity index (χ2v) is 6.43. The number of rotatable bonds is 10. The van der Waals surface area contributed by atoms with Gasteiger partial charge in [-0.2, -0.15) is 0 Å². The Morgan fingerprint density at radius 1 is 1.21 bits per heavy atom. The Balaban J connectivity index is 2.12. The normalized spacial score (nSPS) is 21.8. The predicted octanol–water partition coefficient (Wildman–Crippen LogP) is 2.06. The van der Waals surface area contributed by atoms with Crippen molar-refractivity contribution in [1.29, 1.82) is 0 Å². The highest BCUT2D eigenvalue weighted by Crippen LogP contribution is 2.57. The third-order valence-corrected chi connectivity index (χ3v) is 3.96. The van der Waals surface area contributed by atoms with Crippen LogP contribution in [0.3, 0.4) is 0 Å². The molecule has 0 aromatic heterocycles. The first-order valence-electron chi connectivity index (χ1n) is 8.19. The van der Waals surface area contributed by atoms with Crippen molar-refractivity contribution in [3.05, 3.63) is 12.7 Å². The van der Waals surface area contributed by atoms with Gasteiger partial charge >= 0.3 is 18.0 Å². The van der Waals surface area contributed by atoms with Crippen LogP contribution >= 0.6 is 0 Å². The average molecular weight is 341 g/mol. The van der Waals surface area contributed by atoms with Gasteiger partial charge in [-0.05, 0) is 24.7 Å². The summed E-state index contributed by atoms with van der Waals surface area (Å²) in [7, 11) is 0. The third kappa shape index (κ3) is 6.22. The van der Waals surface area contributed by atoms with Gasteiger partial charge in [0.05, 0.1) is 12.0 Å². The molecule has 1 amide bonds. The van der Waals surface area contributed by atoms with E-state index in [-0.39, 0.29) is 37.7 Å². The van der Waals surface area contributed by atoms with Crippen LogP contribution in [0.15, 0.2) is 12.7 Å². The van der Waals surface area contributed by atoms with Crippen molar-refractivity contribution in [3.8, 4) is 0 Å².